The quantitative estimate of drug-likeness (QED) is 0.0692. The van der Waals surface area contributed by atoms with Gasteiger partial charge in [-0.15, -0.1) is 24.8 Å². The van der Waals surface area contributed by atoms with Crippen molar-refractivity contribution in [3.05, 3.63) is 11.6 Å². The molecule has 4 rings (SSSR count). The number of hydrogen-bond donors (Lipinski definition) is 2. The van der Waals surface area contributed by atoms with Crippen molar-refractivity contribution in [3.8, 4) is 0 Å². The zero-order chi connectivity index (χ0) is 33.9. The highest BCUT2D eigenvalue weighted by atomic mass is 35.5. The fourth-order valence-electron chi connectivity index (χ4n) is 11.0. The Bertz CT molecular complexity index is 984. The molecule has 0 spiro atoms. The van der Waals surface area contributed by atoms with Crippen LogP contribution in [0.4, 0.5) is 0 Å². The van der Waals surface area contributed by atoms with Gasteiger partial charge in [-0.1, -0.05) is 113 Å². The molecule has 0 saturated heterocycles. The smallest absolute Gasteiger partial charge is 0.223 e. The highest BCUT2D eigenvalue weighted by molar-refractivity contribution is 8.76. The zero-order valence-corrected chi connectivity index (χ0v) is 35.5. The average molecular weight is 763 g/mol. The minimum atomic E-state index is 0. The van der Waals surface area contributed by atoms with Crippen molar-refractivity contribution in [2.45, 2.75) is 162 Å². The van der Waals surface area contributed by atoms with Crippen LogP contribution < -0.4 is 11.5 Å². The number of rotatable bonds is 21. The van der Waals surface area contributed by atoms with Crippen molar-refractivity contribution in [1.29, 1.82) is 0 Å². The first kappa shape index (κ1) is 45.6. The second-order valence-electron chi connectivity index (χ2n) is 17.3. The van der Waals surface area contributed by atoms with Gasteiger partial charge in [-0.05, 0) is 130 Å². The second-order valence-corrected chi connectivity index (χ2v) is 20.0. The Morgan fingerprint density at radius 2 is 1.55 bits per heavy atom. The van der Waals surface area contributed by atoms with Crippen molar-refractivity contribution in [3.63, 3.8) is 0 Å². The van der Waals surface area contributed by atoms with Crippen LogP contribution in [0.1, 0.15) is 157 Å². The molecule has 0 aromatic rings. The van der Waals surface area contributed by atoms with Crippen LogP contribution in [0.3, 0.4) is 0 Å². The summed E-state index contributed by atoms with van der Waals surface area (Å²) in [6.45, 7) is 15.9. The summed E-state index contributed by atoms with van der Waals surface area (Å²) in [6.07, 6.45) is 27.0. The molecular weight excluding hydrogens is 686 g/mol. The van der Waals surface area contributed by atoms with E-state index in [0.29, 0.717) is 35.0 Å². The van der Waals surface area contributed by atoms with Gasteiger partial charge in [0.25, 0.3) is 0 Å². The number of carbonyl (C=O) groups excluding carboxylic acids is 1. The van der Waals surface area contributed by atoms with E-state index in [9.17, 15) is 4.79 Å². The lowest BCUT2D eigenvalue weighted by molar-refractivity contribution is -0.130. The molecule has 4 N–H and O–H groups in total. The molecule has 0 bridgehead atoms. The maximum Gasteiger partial charge on any atom is 0.223 e. The number of halogens is 2. The third-order valence-electron chi connectivity index (χ3n) is 13.7. The molecule has 0 aliphatic heterocycles. The first-order chi connectivity index (χ1) is 22.6. The average Bonchev–Trinajstić information content (AvgIpc) is 3.41. The zero-order valence-electron chi connectivity index (χ0n) is 32.2. The lowest BCUT2D eigenvalue weighted by atomic mass is 9.47. The van der Waals surface area contributed by atoms with Crippen molar-refractivity contribution < 1.29 is 4.79 Å². The highest BCUT2D eigenvalue weighted by Gasteiger charge is 2.59. The molecule has 49 heavy (non-hydrogen) atoms. The largest absolute Gasteiger partial charge is 0.343 e. The number of nitrogens with two attached hydrogens (primary N) is 2. The predicted octanol–water partition coefficient (Wildman–Crippen LogP) is 11.5. The molecular formula is C41H77Cl2N3OS2. The Kier molecular flexibility index (Phi) is 21.0. The van der Waals surface area contributed by atoms with Crippen molar-refractivity contribution in [2.24, 2.45) is 57.8 Å². The van der Waals surface area contributed by atoms with Gasteiger partial charge in [0.15, 0.2) is 0 Å². The first-order valence-corrected chi connectivity index (χ1v) is 22.7. The molecule has 288 valence electrons. The van der Waals surface area contributed by atoms with E-state index in [1.807, 2.05) is 10.8 Å². The van der Waals surface area contributed by atoms with Crippen LogP contribution >= 0.6 is 46.4 Å². The van der Waals surface area contributed by atoms with Crippen LogP contribution in [-0.4, -0.2) is 48.0 Å². The van der Waals surface area contributed by atoms with E-state index in [2.05, 4.69) is 56.4 Å². The van der Waals surface area contributed by atoms with Crippen LogP contribution in [-0.2, 0) is 4.79 Å². The maximum absolute atomic E-state index is 13.1. The number of allylic oxidation sites excluding steroid dienone is 2. The van der Waals surface area contributed by atoms with Crippen molar-refractivity contribution in [2.75, 3.05) is 31.9 Å². The second kappa shape index (κ2) is 22.6. The van der Waals surface area contributed by atoms with E-state index >= 15 is 0 Å². The number of amides is 1. The van der Waals surface area contributed by atoms with Gasteiger partial charge in [-0.25, -0.2) is 0 Å². The molecule has 3 saturated carbocycles. The van der Waals surface area contributed by atoms with Crippen LogP contribution in [0.25, 0.3) is 0 Å². The van der Waals surface area contributed by atoms with Crippen LogP contribution in [0.15, 0.2) is 11.6 Å². The Morgan fingerprint density at radius 3 is 2.27 bits per heavy atom. The molecule has 8 atom stereocenters. The number of nitrogens with zero attached hydrogens (tertiary/aromatic N) is 1. The number of carbonyl (C=O) groups is 1. The SMILES string of the molecule is CC(C)CCC[C@@H](C)[C@H]1CC[C@H]2[C@@H]3CC=C4C[C@@H](SSCCC(=O)N(CCCN)CCCCCCCCN)CC[C@]4(C)[C@H]3CC[C@]12C.Cl.Cl. The first-order valence-electron chi connectivity index (χ1n) is 20.3. The number of fused-ring (bicyclic) bond motifs is 5. The summed E-state index contributed by atoms with van der Waals surface area (Å²) in [6, 6.07) is 0. The van der Waals surface area contributed by atoms with Gasteiger partial charge in [0.05, 0.1) is 0 Å². The summed E-state index contributed by atoms with van der Waals surface area (Å²) in [4.78, 5) is 15.2. The Hall–Kier alpha value is 0.410. The third-order valence-corrected chi connectivity index (χ3v) is 16.6. The molecule has 3 fully saturated rings. The Labute approximate surface area is 323 Å². The summed E-state index contributed by atoms with van der Waals surface area (Å²) < 4.78 is 0. The van der Waals surface area contributed by atoms with Crippen LogP contribution in [0.2, 0.25) is 0 Å². The monoisotopic (exact) mass is 761 g/mol. The lowest BCUT2D eigenvalue weighted by Crippen LogP contribution is -2.50. The van der Waals surface area contributed by atoms with Crippen LogP contribution in [0.5, 0.6) is 0 Å². The van der Waals surface area contributed by atoms with Crippen molar-refractivity contribution in [1.82, 2.24) is 4.90 Å². The summed E-state index contributed by atoms with van der Waals surface area (Å²) in [5, 5.41) is 0.704. The van der Waals surface area contributed by atoms with E-state index in [0.717, 1.165) is 80.2 Å². The van der Waals surface area contributed by atoms with Gasteiger partial charge in [-0.3, -0.25) is 4.79 Å². The van der Waals surface area contributed by atoms with Gasteiger partial charge < -0.3 is 16.4 Å². The summed E-state index contributed by atoms with van der Waals surface area (Å²) >= 11 is 0. The van der Waals surface area contributed by atoms with Gasteiger partial charge in [0, 0.05) is 30.5 Å². The van der Waals surface area contributed by atoms with E-state index in [1.54, 1.807) is 5.57 Å². The highest BCUT2D eigenvalue weighted by Crippen LogP contribution is 2.67. The molecule has 4 nitrogen and oxygen atoms in total. The minimum absolute atomic E-state index is 0. The molecule has 0 unspecified atom stereocenters. The van der Waals surface area contributed by atoms with E-state index in [-0.39, 0.29) is 24.8 Å². The summed E-state index contributed by atoms with van der Waals surface area (Å²) in [7, 11) is 4.04. The molecule has 0 heterocycles. The Morgan fingerprint density at radius 1 is 0.857 bits per heavy atom. The standard InChI is InChI=1S/C41H75N3OS2.2ClH/c1-31(2)14-12-15-32(3)36-18-19-37-35-17-16-33-30-34(20-23-40(33,4)38(35)21-24-41(36,37)5)47-46-29-22-39(45)44(28-13-26-43)27-11-9-7-6-8-10-25-42;;/h16,31-32,34-38H,6-15,17-30,42-43H2,1-5H3;2*1H/t32-,34+,35+,36-,37+,38+,40+,41-;;/m1../s1. The molecule has 4 aliphatic carbocycles. The third kappa shape index (κ3) is 12.2. The van der Waals surface area contributed by atoms with Gasteiger partial charge >= 0.3 is 0 Å². The topological polar surface area (TPSA) is 72.3 Å². The number of hydrogen-bond acceptors (Lipinski definition) is 5. The Balaban J connectivity index is 0.00000417. The number of unbranched alkanes of at least 4 members (excludes halogenated alkanes) is 5. The van der Waals surface area contributed by atoms with Gasteiger partial charge in [0.2, 0.25) is 5.91 Å². The van der Waals surface area contributed by atoms with Crippen LogP contribution in [0, 0.1) is 46.3 Å². The van der Waals surface area contributed by atoms with E-state index in [4.69, 9.17) is 11.5 Å². The molecule has 8 heteroatoms. The van der Waals surface area contributed by atoms with Crippen molar-refractivity contribution >= 4 is 52.3 Å². The summed E-state index contributed by atoms with van der Waals surface area (Å²) in [5.41, 5.74) is 14.2. The minimum Gasteiger partial charge on any atom is -0.343 e. The summed E-state index contributed by atoms with van der Waals surface area (Å²) in [5.74, 6) is 6.69. The predicted molar refractivity (Wildman–Crippen MR) is 223 cm³/mol. The fourth-order valence-corrected chi connectivity index (χ4v) is 13.6. The molecule has 1 amide bonds. The van der Waals surface area contributed by atoms with Gasteiger partial charge in [-0.2, -0.15) is 0 Å². The molecule has 0 aromatic heterocycles. The molecule has 0 radical (unpaired) electrons. The molecule has 0 aromatic carbocycles. The van der Waals surface area contributed by atoms with E-state index < -0.39 is 0 Å². The van der Waals surface area contributed by atoms with E-state index in [1.165, 1.54) is 96.3 Å². The lowest BCUT2D eigenvalue weighted by Gasteiger charge is -2.58. The normalized spacial score (nSPS) is 31.1. The molecule has 4 aliphatic rings. The fraction of sp³-hybridized carbons (Fsp3) is 0.927. The maximum atomic E-state index is 13.1. The van der Waals surface area contributed by atoms with Gasteiger partial charge in [0.1, 0.15) is 0 Å².